The van der Waals surface area contributed by atoms with E-state index in [-0.39, 0.29) is 11.9 Å². The number of rotatable bonds is 13. The lowest BCUT2D eigenvalue weighted by Gasteiger charge is -2.04. The second-order valence-electron chi connectivity index (χ2n) is 8.98. The molecule has 0 radical (unpaired) electrons. The van der Waals surface area contributed by atoms with E-state index >= 15 is 0 Å². The highest BCUT2D eigenvalue weighted by Crippen LogP contribution is 2.11. The number of hydrogen-bond donors (Lipinski definition) is 0. The van der Waals surface area contributed by atoms with E-state index in [9.17, 15) is 9.59 Å². The normalized spacial score (nSPS) is 16.6. The molecule has 0 saturated carbocycles. The Morgan fingerprint density at radius 2 is 1.59 bits per heavy atom. The quantitative estimate of drug-likeness (QED) is 0.151. The van der Waals surface area contributed by atoms with Gasteiger partial charge in [0.05, 0.1) is 13.2 Å². The lowest BCUT2D eigenvalue weighted by molar-refractivity contribution is -0.144. The minimum absolute atomic E-state index is 0.0274. The molecule has 0 atom stereocenters. The van der Waals surface area contributed by atoms with Gasteiger partial charge in [0.15, 0.2) is 0 Å². The van der Waals surface area contributed by atoms with E-state index in [1.54, 1.807) is 0 Å². The number of esters is 2. The maximum atomic E-state index is 11.4. The third kappa shape index (κ3) is 26.4. The Morgan fingerprint density at radius 3 is 2.35 bits per heavy atom. The Balaban J connectivity index is 0.000000657. The molecule has 0 N–H and O–H groups in total. The van der Waals surface area contributed by atoms with Crippen molar-refractivity contribution in [2.45, 2.75) is 129 Å². The summed E-state index contributed by atoms with van der Waals surface area (Å²) >= 11 is 0. The Morgan fingerprint density at radius 1 is 0.912 bits per heavy atom. The van der Waals surface area contributed by atoms with Crippen LogP contribution in [0.4, 0.5) is 0 Å². The highest BCUT2D eigenvalue weighted by molar-refractivity contribution is 5.69. The highest BCUT2D eigenvalue weighted by atomic mass is 16.5. The fourth-order valence-corrected chi connectivity index (χ4v) is 3.65. The zero-order valence-corrected chi connectivity index (χ0v) is 22.1. The van der Waals surface area contributed by atoms with Gasteiger partial charge in [0.2, 0.25) is 0 Å². The molecule has 0 spiro atoms. The summed E-state index contributed by atoms with van der Waals surface area (Å²) in [6, 6.07) is 0. The van der Waals surface area contributed by atoms with Crippen molar-refractivity contribution in [2.75, 3.05) is 13.2 Å². The second kappa shape index (κ2) is 27.4. The number of allylic oxidation sites excluding steroid dienone is 3. The summed E-state index contributed by atoms with van der Waals surface area (Å²) in [5, 5.41) is 0. The molecule has 0 bridgehead atoms. The average molecular weight is 477 g/mol. The van der Waals surface area contributed by atoms with Crippen molar-refractivity contribution in [3.63, 3.8) is 0 Å². The van der Waals surface area contributed by atoms with E-state index in [4.69, 9.17) is 9.47 Å². The van der Waals surface area contributed by atoms with Gasteiger partial charge in [-0.2, -0.15) is 0 Å². The van der Waals surface area contributed by atoms with Crippen molar-refractivity contribution in [3.8, 4) is 0 Å². The summed E-state index contributed by atoms with van der Waals surface area (Å²) < 4.78 is 10.2. The van der Waals surface area contributed by atoms with Gasteiger partial charge >= 0.3 is 11.9 Å². The van der Waals surface area contributed by atoms with Crippen molar-refractivity contribution in [1.29, 1.82) is 0 Å². The van der Waals surface area contributed by atoms with E-state index in [0.717, 1.165) is 44.9 Å². The van der Waals surface area contributed by atoms with Gasteiger partial charge in [0.25, 0.3) is 0 Å². The monoisotopic (exact) mass is 476 g/mol. The lowest BCUT2D eigenvalue weighted by atomic mass is 10.1. The number of ether oxygens (including phenoxy) is 2. The number of carbonyl (C=O) groups is 2. The molecule has 1 heterocycles. The van der Waals surface area contributed by atoms with Crippen molar-refractivity contribution in [2.24, 2.45) is 0 Å². The van der Waals surface area contributed by atoms with E-state index < -0.39 is 0 Å². The highest BCUT2D eigenvalue weighted by Gasteiger charge is 2.02. The van der Waals surface area contributed by atoms with Crippen molar-refractivity contribution in [3.05, 3.63) is 37.0 Å². The van der Waals surface area contributed by atoms with Crippen LogP contribution in [0.1, 0.15) is 129 Å². The van der Waals surface area contributed by atoms with Crippen molar-refractivity contribution >= 4 is 11.9 Å². The lowest BCUT2D eigenvalue weighted by Crippen LogP contribution is -2.05. The first-order valence-electron chi connectivity index (χ1n) is 13.9. The number of carbonyl (C=O) groups excluding carboxylic acids is 2. The summed E-state index contributed by atoms with van der Waals surface area (Å²) in [5.74, 6) is -0.0722. The first-order valence-corrected chi connectivity index (χ1v) is 13.9. The molecule has 0 aliphatic carbocycles. The number of unbranched alkanes of at least 4 members (excludes halogenated alkanes) is 6. The summed E-state index contributed by atoms with van der Waals surface area (Å²) in [6.07, 6.45) is 31.2. The van der Waals surface area contributed by atoms with Crippen LogP contribution in [0.2, 0.25) is 0 Å². The van der Waals surface area contributed by atoms with Crippen LogP contribution >= 0.6 is 0 Å². The number of cyclic esters (lactones) is 1. The third-order valence-electron chi connectivity index (χ3n) is 5.71. The van der Waals surface area contributed by atoms with Crippen LogP contribution in [-0.4, -0.2) is 25.2 Å². The van der Waals surface area contributed by atoms with Crippen molar-refractivity contribution < 1.29 is 19.1 Å². The van der Waals surface area contributed by atoms with Crippen LogP contribution in [0.5, 0.6) is 0 Å². The maximum Gasteiger partial charge on any atom is 0.305 e. The first kappa shape index (κ1) is 32.2. The average Bonchev–Trinajstić information content (AvgIpc) is 2.83. The van der Waals surface area contributed by atoms with Crippen molar-refractivity contribution in [1.82, 2.24) is 0 Å². The minimum atomic E-state index is -0.0449. The van der Waals surface area contributed by atoms with Crippen LogP contribution in [0.3, 0.4) is 0 Å². The van der Waals surface area contributed by atoms with Gasteiger partial charge in [-0.1, -0.05) is 88.7 Å². The molecule has 0 fully saturated rings. The molecule has 34 heavy (non-hydrogen) atoms. The summed E-state index contributed by atoms with van der Waals surface area (Å²) in [4.78, 5) is 22.6. The molecule has 196 valence electrons. The number of hydrogen-bond acceptors (Lipinski definition) is 4. The van der Waals surface area contributed by atoms with E-state index in [2.05, 4.69) is 37.8 Å². The maximum absolute atomic E-state index is 11.4. The fraction of sp³-hybridized carbons (Fsp3) is 0.733. The second-order valence-corrected chi connectivity index (χ2v) is 8.98. The predicted octanol–water partition coefficient (Wildman–Crippen LogP) is 8.80. The third-order valence-corrected chi connectivity index (χ3v) is 5.71. The molecule has 0 saturated heterocycles. The largest absolute Gasteiger partial charge is 0.465 e. The molecular formula is C30H52O4. The van der Waals surface area contributed by atoms with Gasteiger partial charge in [-0.3, -0.25) is 9.59 Å². The van der Waals surface area contributed by atoms with E-state index in [1.807, 2.05) is 6.08 Å². The summed E-state index contributed by atoms with van der Waals surface area (Å²) in [6.45, 7) is 6.89. The van der Waals surface area contributed by atoms with Gasteiger partial charge in [-0.05, 0) is 57.8 Å². The van der Waals surface area contributed by atoms with Crippen LogP contribution in [0.15, 0.2) is 37.0 Å². The first-order chi connectivity index (χ1) is 16.7. The zero-order valence-electron chi connectivity index (χ0n) is 22.1. The Labute approximate surface area is 210 Å². The molecule has 4 heteroatoms. The van der Waals surface area contributed by atoms with Gasteiger partial charge in [0, 0.05) is 12.8 Å². The minimum Gasteiger partial charge on any atom is -0.465 e. The molecule has 1 aliphatic heterocycles. The van der Waals surface area contributed by atoms with Gasteiger partial charge < -0.3 is 9.47 Å². The van der Waals surface area contributed by atoms with E-state index in [0.29, 0.717) is 26.1 Å². The van der Waals surface area contributed by atoms with Crippen LogP contribution in [0.25, 0.3) is 0 Å². The van der Waals surface area contributed by atoms with Gasteiger partial charge in [-0.25, -0.2) is 0 Å². The molecule has 1 rings (SSSR count). The van der Waals surface area contributed by atoms with Crippen LogP contribution in [0, 0.1) is 0 Å². The van der Waals surface area contributed by atoms with Gasteiger partial charge in [-0.15, -0.1) is 6.58 Å². The van der Waals surface area contributed by atoms with E-state index in [1.165, 1.54) is 64.2 Å². The van der Waals surface area contributed by atoms with Gasteiger partial charge in [0.1, 0.15) is 0 Å². The van der Waals surface area contributed by atoms with Crippen LogP contribution in [-0.2, 0) is 19.1 Å². The Hall–Kier alpha value is -1.84. The smallest absolute Gasteiger partial charge is 0.305 e. The molecule has 0 aromatic rings. The molecule has 0 amide bonds. The Bertz CT molecular complexity index is 536. The predicted molar refractivity (Wildman–Crippen MR) is 144 cm³/mol. The fourth-order valence-electron chi connectivity index (χ4n) is 3.65. The molecule has 0 aromatic carbocycles. The summed E-state index contributed by atoms with van der Waals surface area (Å²) in [7, 11) is 0. The molecule has 4 nitrogen and oxygen atoms in total. The Kier molecular flexibility index (Phi) is 25.9. The SMILES string of the molecule is C=CCCCCCCCCC(=O)OCC/C=C/CC.O=C1CCCCCCCC/C=C/CCO1. The molecule has 0 unspecified atom stereocenters. The van der Waals surface area contributed by atoms with Crippen LogP contribution < -0.4 is 0 Å². The zero-order chi connectivity index (χ0) is 25.0. The molecular weight excluding hydrogens is 424 g/mol. The topological polar surface area (TPSA) is 52.6 Å². The molecule has 1 aliphatic rings. The molecule has 0 aromatic heterocycles. The summed E-state index contributed by atoms with van der Waals surface area (Å²) in [5.41, 5.74) is 0. The standard InChI is InChI=1S/C17H30O2.C13H22O2/c1-3-5-7-9-10-11-12-13-15-17(18)19-16-14-8-6-4-2;14-13-11-9-7-5-3-1-2-4-6-8-10-12-15-13/h3,6,8H,1,4-5,7,9-16H2,2H3;6,8H,1-5,7,9-12H2/b2*8-6+.